The van der Waals surface area contributed by atoms with Crippen LogP contribution in [0.25, 0.3) is 0 Å². The van der Waals surface area contributed by atoms with Gasteiger partial charge in [-0.1, -0.05) is 18.2 Å². The molecule has 0 aliphatic rings. The summed E-state index contributed by atoms with van der Waals surface area (Å²) < 4.78 is 5.41. The van der Waals surface area contributed by atoms with Crippen LogP contribution in [-0.2, 0) is 16.1 Å². The Kier molecular flexibility index (Phi) is 6.52. The molecule has 1 aromatic rings. The largest absolute Gasteiger partial charge is 0.483 e. The number of rotatable bonds is 7. The van der Waals surface area contributed by atoms with Gasteiger partial charge in [0.1, 0.15) is 5.75 Å². The molecule has 1 aromatic carbocycles. The number of nitrogens with one attached hydrogen (secondary N) is 1. The summed E-state index contributed by atoms with van der Waals surface area (Å²) in [5, 5.41) is 2.63. The van der Waals surface area contributed by atoms with Crippen molar-refractivity contribution in [3.05, 3.63) is 29.8 Å². The third-order valence-electron chi connectivity index (χ3n) is 2.71. The lowest BCUT2D eigenvalue weighted by molar-refractivity contribution is -0.128. The van der Waals surface area contributed by atoms with Gasteiger partial charge in [0.2, 0.25) is 5.91 Å². The predicted octanol–water partition coefficient (Wildman–Crippen LogP) is 0.119. The summed E-state index contributed by atoms with van der Waals surface area (Å²) in [6, 6.07) is 7.30. The van der Waals surface area contributed by atoms with Gasteiger partial charge in [0.25, 0.3) is 5.91 Å². The van der Waals surface area contributed by atoms with Crippen molar-refractivity contribution in [3.63, 3.8) is 0 Å². The number of carbonyl (C=O) groups excluding carboxylic acids is 2. The second kappa shape index (κ2) is 8.16. The van der Waals surface area contributed by atoms with Gasteiger partial charge in [0.15, 0.2) is 6.61 Å². The van der Waals surface area contributed by atoms with Gasteiger partial charge in [-0.05, 0) is 6.07 Å². The second-order valence-corrected chi connectivity index (χ2v) is 4.49. The van der Waals surface area contributed by atoms with Crippen LogP contribution in [0.1, 0.15) is 12.0 Å². The van der Waals surface area contributed by atoms with Crippen LogP contribution in [-0.4, -0.2) is 44.0 Å². The second-order valence-electron chi connectivity index (χ2n) is 4.49. The summed E-state index contributed by atoms with van der Waals surface area (Å²) >= 11 is 0. The molecule has 3 N–H and O–H groups in total. The molecular formula is C14H21N3O3. The molecule has 0 saturated carbocycles. The SMILES string of the molecule is CN(C)C(=O)CCNC(=O)COc1ccccc1CN. The van der Waals surface area contributed by atoms with E-state index in [2.05, 4.69) is 5.32 Å². The topological polar surface area (TPSA) is 84.7 Å². The average Bonchev–Trinajstić information content (AvgIpc) is 2.45. The zero-order chi connectivity index (χ0) is 15.0. The fourth-order valence-electron chi connectivity index (χ4n) is 1.54. The Balaban J connectivity index is 2.31. The number of carbonyl (C=O) groups is 2. The van der Waals surface area contributed by atoms with Crippen molar-refractivity contribution < 1.29 is 14.3 Å². The minimum Gasteiger partial charge on any atom is -0.483 e. The van der Waals surface area contributed by atoms with Gasteiger partial charge < -0.3 is 20.7 Å². The summed E-state index contributed by atoms with van der Waals surface area (Å²) in [4.78, 5) is 24.4. The van der Waals surface area contributed by atoms with Crippen LogP contribution >= 0.6 is 0 Å². The minimum atomic E-state index is -0.261. The molecule has 0 unspecified atom stereocenters. The zero-order valence-corrected chi connectivity index (χ0v) is 11.9. The van der Waals surface area contributed by atoms with Gasteiger partial charge in [0, 0.05) is 39.2 Å². The molecule has 0 aliphatic heterocycles. The summed E-state index contributed by atoms with van der Waals surface area (Å²) in [6.45, 7) is 0.569. The molecule has 0 aliphatic carbocycles. The molecule has 0 bridgehead atoms. The molecule has 0 heterocycles. The highest BCUT2D eigenvalue weighted by Gasteiger charge is 2.07. The lowest BCUT2D eigenvalue weighted by Crippen LogP contribution is -2.33. The number of hydrogen-bond donors (Lipinski definition) is 2. The highest BCUT2D eigenvalue weighted by atomic mass is 16.5. The number of nitrogens with two attached hydrogens (primary N) is 1. The Morgan fingerprint density at radius 2 is 2.00 bits per heavy atom. The molecule has 0 saturated heterocycles. The molecule has 6 heteroatoms. The summed E-state index contributed by atoms with van der Waals surface area (Å²) in [5.41, 5.74) is 6.43. The molecule has 2 amide bonds. The molecule has 0 fully saturated rings. The lowest BCUT2D eigenvalue weighted by atomic mass is 10.2. The van der Waals surface area contributed by atoms with E-state index in [1.807, 2.05) is 18.2 Å². The first-order valence-corrected chi connectivity index (χ1v) is 6.42. The molecule has 0 spiro atoms. The van der Waals surface area contributed by atoms with Crippen LogP contribution in [0.2, 0.25) is 0 Å². The fraction of sp³-hybridized carbons (Fsp3) is 0.429. The molecule has 6 nitrogen and oxygen atoms in total. The third kappa shape index (κ3) is 5.27. The Morgan fingerprint density at radius 1 is 1.30 bits per heavy atom. The number of hydrogen-bond acceptors (Lipinski definition) is 4. The van der Waals surface area contributed by atoms with E-state index in [4.69, 9.17) is 10.5 Å². The molecule has 0 aromatic heterocycles. The van der Waals surface area contributed by atoms with E-state index in [0.717, 1.165) is 5.56 Å². The van der Waals surface area contributed by atoms with E-state index in [0.29, 0.717) is 18.8 Å². The fourth-order valence-corrected chi connectivity index (χ4v) is 1.54. The number of nitrogens with zero attached hydrogens (tertiary/aromatic N) is 1. The first-order valence-electron chi connectivity index (χ1n) is 6.42. The van der Waals surface area contributed by atoms with Crippen LogP contribution in [0.5, 0.6) is 5.75 Å². The van der Waals surface area contributed by atoms with E-state index in [-0.39, 0.29) is 24.8 Å². The van der Waals surface area contributed by atoms with Gasteiger partial charge >= 0.3 is 0 Å². The first-order chi connectivity index (χ1) is 9.54. The predicted molar refractivity (Wildman–Crippen MR) is 76.1 cm³/mol. The number of para-hydroxylation sites is 1. The maximum absolute atomic E-state index is 11.6. The molecular weight excluding hydrogens is 258 g/mol. The number of benzene rings is 1. The standard InChI is InChI=1S/C14H21N3O3/c1-17(2)14(19)7-8-16-13(18)10-20-12-6-4-3-5-11(12)9-15/h3-6H,7-10,15H2,1-2H3,(H,16,18). The van der Waals surface area contributed by atoms with Gasteiger partial charge in [-0.3, -0.25) is 9.59 Å². The smallest absolute Gasteiger partial charge is 0.257 e. The lowest BCUT2D eigenvalue weighted by Gasteiger charge is -2.12. The Labute approximate surface area is 118 Å². The maximum Gasteiger partial charge on any atom is 0.257 e. The maximum atomic E-state index is 11.6. The van der Waals surface area contributed by atoms with Gasteiger partial charge in [0.05, 0.1) is 0 Å². The van der Waals surface area contributed by atoms with Crippen molar-refractivity contribution in [2.75, 3.05) is 27.2 Å². The van der Waals surface area contributed by atoms with E-state index < -0.39 is 0 Å². The number of ether oxygens (including phenoxy) is 1. The summed E-state index contributed by atoms with van der Waals surface area (Å²) in [7, 11) is 3.36. The molecule has 0 radical (unpaired) electrons. The van der Waals surface area contributed by atoms with Crippen LogP contribution in [0.4, 0.5) is 0 Å². The van der Waals surface area contributed by atoms with E-state index >= 15 is 0 Å². The average molecular weight is 279 g/mol. The molecule has 110 valence electrons. The van der Waals surface area contributed by atoms with Crippen molar-refractivity contribution in [2.24, 2.45) is 5.73 Å². The molecule has 20 heavy (non-hydrogen) atoms. The van der Waals surface area contributed by atoms with Crippen LogP contribution < -0.4 is 15.8 Å². The minimum absolute atomic E-state index is 0.0281. The Hall–Kier alpha value is -2.08. The van der Waals surface area contributed by atoms with Crippen molar-refractivity contribution >= 4 is 11.8 Å². The van der Waals surface area contributed by atoms with E-state index in [1.54, 1.807) is 20.2 Å². The van der Waals surface area contributed by atoms with Crippen LogP contribution in [0.15, 0.2) is 24.3 Å². The third-order valence-corrected chi connectivity index (χ3v) is 2.71. The normalized spacial score (nSPS) is 9.95. The quantitative estimate of drug-likeness (QED) is 0.742. The van der Waals surface area contributed by atoms with Gasteiger partial charge in [-0.15, -0.1) is 0 Å². The highest BCUT2D eigenvalue weighted by molar-refractivity contribution is 5.79. The van der Waals surface area contributed by atoms with Crippen LogP contribution in [0, 0.1) is 0 Å². The summed E-state index contributed by atoms with van der Waals surface area (Å²) in [5.74, 6) is 0.317. The van der Waals surface area contributed by atoms with Gasteiger partial charge in [-0.25, -0.2) is 0 Å². The number of amides is 2. The van der Waals surface area contributed by atoms with Crippen molar-refractivity contribution in [1.82, 2.24) is 10.2 Å². The Morgan fingerprint density at radius 3 is 2.65 bits per heavy atom. The Bertz CT molecular complexity index is 461. The van der Waals surface area contributed by atoms with Crippen LogP contribution in [0.3, 0.4) is 0 Å². The van der Waals surface area contributed by atoms with E-state index in [9.17, 15) is 9.59 Å². The van der Waals surface area contributed by atoms with Crippen molar-refractivity contribution in [3.8, 4) is 5.75 Å². The monoisotopic (exact) mass is 279 g/mol. The van der Waals surface area contributed by atoms with E-state index in [1.165, 1.54) is 4.90 Å². The summed E-state index contributed by atoms with van der Waals surface area (Å²) in [6.07, 6.45) is 0.276. The molecule has 1 rings (SSSR count). The van der Waals surface area contributed by atoms with Crippen molar-refractivity contribution in [2.45, 2.75) is 13.0 Å². The zero-order valence-electron chi connectivity index (χ0n) is 11.9. The highest BCUT2D eigenvalue weighted by Crippen LogP contribution is 2.16. The van der Waals surface area contributed by atoms with Crippen molar-refractivity contribution in [1.29, 1.82) is 0 Å². The first kappa shape index (κ1) is 16.0. The molecule has 0 atom stereocenters. The van der Waals surface area contributed by atoms with Gasteiger partial charge in [-0.2, -0.15) is 0 Å².